The number of aliphatic hydroxyl groups excluding tert-OH is 1. The topological polar surface area (TPSA) is 61.8 Å². The Morgan fingerprint density at radius 2 is 2.37 bits per heavy atom. The van der Waals surface area contributed by atoms with E-state index in [9.17, 15) is 9.90 Å². The fraction of sp³-hybridized carbons (Fsp3) is 0.929. The SMILES string of the molecule is O=C(N1CCOC(CO)C1)[C@@]12CCCC[C@H]1CNC2. The van der Waals surface area contributed by atoms with Crippen molar-refractivity contribution < 1.29 is 14.6 Å². The van der Waals surface area contributed by atoms with Gasteiger partial charge >= 0.3 is 0 Å². The van der Waals surface area contributed by atoms with Crippen molar-refractivity contribution in [3.8, 4) is 0 Å². The maximum atomic E-state index is 13.0. The molecule has 1 aliphatic carbocycles. The molecule has 2 aliphatic heterocycles. The largest absolute Gasteiger partial charge is 0.394 e. The second-order valence-corrected chi connectivity index (χ2v) is 6.16. The average Bonchev–Trinajstić information content (AvgIpc) is 2.91. The highest BCUT2D eigenvalue weighted by Gasteiger charge is 2.51. The van der Waals surface area contributed by atoms with Crippen molar-refractivity contribution in [3.05, 3.63) is 0 Å². The zero-order valence-electron chi connectivity index (χ0n) is 11.4. The fourth-order valence-corrected chi connectivity index (χ4v) is 4.00. The summed E-state index contributed by atoms with van der Waals surface area (Å²) in [6.45, 7) is 3.58. The van der Waals surface area contributed by atoms with Gasteiger partial charge in [-0.1, -0.05) is 12.8 Å². The van der Waals surface area contributed by atoms with Crippen LogP contribution in [0.5, 0.6) is 0 Å². The van der Waals surface area contributed by atoms with Crippen LogP contribution in [0.4, 0.5) is 0 Å². The summed E-state index contributed by atoms with van der Waals surface area (Å²) in [6.07, 6.45) is 4.41. The number of ether oxygens (including phenoxy) is 1. The predicted molar refractivity (Wildman–Crippen MR) is 70.7 cm³/mol. The number of carbonyl (C=O) groups excluding carboxylic acids is 1. The lowest BCUT2D eigenvalue weighted by atomic mass is 9.67. The van der Waals surface area contributed by atoms with Crippen molar-refractivity contribution in [1.29, 1.82) is 0 Å². The van der Waals surface area contributed by atoms with E-state index < -0.39 is 0 Å². The van der Waals surface area contributed by atoms with Gasteiger partial charge < -0.3 is 20.1 Å². The molecule has 5 nitrogen and oxygen atoms in total. The van der Waals surface area contributed by atoms with Crippen LogP contribution in [0.15, 0.2) is 0 Å². The van der Waals surface area contributed by atoms with E-state index in [0.29, 0.717) is 31.5 Å². The van der Waals surface area contributed by atoms with E-state index in [1.165, 1.54) is 12.8 Å². The third-order valence-electron chi connectivity index (χ3n) is 5.09. The van der Waals surface area contributed by atoms with Gasteiger partial charge in [0, 0.05) is 19.6 Å². The minimum atomic E-state index is -0.203. The Bertz CT molecular complexity index is 350. The first-order chi connectivity index (χ1) is 9.26. The summed E-state index contributed by atoms with van der Waals surface area (Å²) in [5.41, 5.74) is -0.171. The molecule has 1 amide bonds. The average molecular weight is 268 g/mol. The molecule has 1 saturated carbocycles. The number of rotatable bonds is 2. The van der Waals surface area contributed by atoms with Gasteiger partial charge in [-0.15, -0.1) is 0 Å². The number of morpholine rings is 1. The molecule has 2 saturated heterocycles. The van der Waals surface area contributed by atoms with Gasteiger partial charge in [0.15, 0.2) is 0 Å². The molecule has 19 heavy (non-hydrogen) atoms. The third kappa shape index (κ3) is 2.28. The fourth-order valence-electron chi connectivity index (χ4n) is 4.00. The highest BCUT2D eigenvalue weighted by atomic mass is 16.5. The Labute approximate surface area is 114 Å². The van der Waals surface area contributed by atoms with Gasteiger partial charge in [-0.05, 0) is 25.3 Å². The molecule has 2 heterocycles. The number of fused-ring (bicyclic) bond motifs is 1. The zero-order chi connectivity index (χ0) is 13.3. The molecule has 3 aliphatic rings. The Kier molecular flexibility index (Phi) is 3.78. The predicted octanol–water partition coefficient (Wildman–Crippen LogP) is -0.0141. The van der Waals surface area contributed by atoms with E-state index in [-0.39, 0.29) is 18.1 Å². The third-order valence-corrected chi connectivity index (χ3v) is 5.09. The number of nitrogens with zero attached hydrogens (tertiary/aromatic N) is 1. The molecule has 2 N–H and O–H groups in total. The Hall–Kier alpha value is -0.650. The lowest BCUT2D eigenvalue weighted by molar-refractivity contribution is -0.154. The van der Waals surface area contributed by atoms with Crippen molar-refractivity contribution >= 4 is 5.91 Å². The smallest absolute Gasteiger partial charge is 0.230 e. The summed E-state index contributed by atoms with van der Waals surface area (Å²) < 4.78 is 5.44. The van der Waals surface area contributed by atoms with E-state index in [2.05, 4.69) is 5.32 Å². The Morgan fingerprint density at radius 1 is 1.47 bits per heavy atom. The standard InChI is InChI=1S/C14H24N2O3/c17-9-12-8-16(5-6-19-12)13(18)14-4-2-1-3-11(14)7-15-10-14/h11-12,15,17H,1-10H2/t11-,12?,14+/m0/s1. The minimum absolute atomic E-state index is 0.00153. The molecule has 0 spiro atoms. The van der Waals surface area contributed by atoms with Gasteiger partial charge in [-0.3, -0.25) is 4.79 Å². The number of carbonyl (C=O) groups is 1. The summed E-state index contributed by atoms with van der Waals surface area (Å²) >= 11 is 0. The molecule has 0 radical (unpaired) electrons. The van der Waals surface area contributed by atoms with Crippen molar-refractivity contribution in [2.24, 2.45) is 11.3 Å². The van der Waals surface area contributed by atoms with Gasteiger partial charge in [0.1, 0.15) is 0 Å². The first-order valence-electron chi connectivity index (χ1n) is 7.49. The van der Waals surface area contributed by atoms with E-state index in [4.69, 9.17) is 4.74 Å². The van der Waals surface area contributed by atoms with E-state index >= 15 is 0 Å². The second kappa shape index (κ2) is 5.38. The summed E-state index contributed by atoms with van der Waals surface area (Å²) in [7, 11) is 0. The molecular formula is C14H24N2O3. The molecule has 5 heteroatoms. The molecule has 108 valence electrons. The molecule has 3 fully saturated rings. The van der Waals surface area contributed by atoms with Crippen LogP contribution in [0.3, 0.4) is 0 Å². The van der Waals surface area contributed by atoms with Crippen molar-refractivity contribution in [2.75, 3.05) is 39.4 Å². The lowest BCUT2D eigenvalue weighted by Gasteiger charge is -2.43. The normalized spacial score (nSPS) is 39.1. The maximum absolute atomic E-state index is 13.0. The quantitative estimate of drug-likeness (QED) is 0.739. The molecule has 0 aromatic heterocycles. The van der Waals surface area contributed by atoms with E-state index in [1.807, 2.05) is 4.90 Å². The van der Waals surface area contributed by atoms with Gasteiger partial charge in [0.25, 0.3) is 0 Å². The van der Waals surface area contributed by atoms with Gasteiger partial charge in [-0.25, -0.2) is 0 Å². The molecule has 3 rings (SSSR count). The monoisotopic (exact) mass is 268 g/mol. The summed E-state index contributed by atoms with van der Waals surface area (Å²) in [5, 5.41) is 12.6. The summed E-state index contributed by atoms with van der Waals surface area (Å²) in [4.78, 5) is 14.9. The van der Waals surface area contributed by atoms with Crippen LogP contribution in [-0.4, -0.2) is 61.4 Å². The van der Waals surface area contributed by atoms with Crippen molar-refractivity contribution in [3.63, 3.8) is 0 Å². The summed E-state index contributed by atoms with van der Waals surface area (Å²) in [6, 6.07) is 0. The minimum Gasteiger partial charge on any atom is -0.394 e. The zero-order valence-corrected chi connectivity index (χ0v) is 11.4. The Morgan fingerprint density at radius 3 is 3.21 bits per heavy atom. The van der Waals surface area contributed by atoms with Crippen molar-refractivity contribution in [2.45, 2.75) is 31.8 Å². The van der Waals surface area contributed by atoms with E-state index in [1.54, 1.807) is 0 Å². The number of hydrogen-bond donors (Lipinski definition) is 2. The number of amides is 1. The molecule has 0 aromatic rings. The van der Waals surface area contributed by atoms with E-state index in [0.717, 1.165) is 25.9 Å². The molecule has 0 aromatic carbocycles. The molecule has 1 unspecified atom stereocenters. The number of aliphatic hydroxyl groups is 1. The Balaban J connectivity index is 1.74. The first kappa shape index (κ1) is 13.3. The highest BCUT2D eigenvalue weighted by Crippen LogP contribution is 2.45. The van der Waals surface area contributed by atoms with Gasteiger partial charge in [0.05, 0.1) is 24.7 Å². The number of nitrogens with one attached hydrogen (secondary N) is 1. The lowest BCUT2D eigenvalue weighted by Crippen LogP contribution is -2.55. The summed E-state index contributed by atoms with van der Waals surface area (Å²) in [5.74, 6) is 0.799. The second-order valence-electron chi connectivity index (χ2n) is 6.16. The first-order valence-corrected chi connectivity index (χ1v) is 7.49. The highest BCUT2D eigenvalue weighted by molar-refractivity contribution is 5.84. The van der Waals surface area contributed by atoms with Crippen LogP contribution < -0.4 is 5.32 Å². The maximum Gasteiger partial charge on any atom is 0.230 e. The molecular weight excluding hydrogens is 244 g/mol. The van der Waals surface area contributed by atoms with Gasteiger partial charge in [-0.2, -0.15) is 0 Å². The van der Waals surface area contributed by atoms with Crippen LogP contribution >= 0.6 is 0 Å². The molecule has 3 atom stereocenters. The molecule has 0 bridgehead atoms. The van der Waals surface area contributed by atoms with Crippen LogP contribution in [-0.2, 0) is 9.53 Å². The van der Waals surface area contributed by atoms with Crippen LogP contribution in [0.2, 0.25) is 0 Å². The van der Waals surface area contributed by atoms with Crippen LogP contribution in [0.1, 0.15) is 25.7 Å². The van der Waals surface area contributed by atoms with Crippen LogP contribution in [0.25, 0.3) is 0 Å². The van der Waals surface area contributed by atoms with Crippen LogP contribution in [0, 0.1) is 11.3 Å². The van der Waals surface area contributed by atoms with Crippen molar-refractivity contribution in [1.82, 2.24) is 10.2 Å². The van der Waals surface area contributed by atoms with Gasteiger partial charge in [0.2, 0.25) is 5.91 Å². The number of hydrogen-bond acceptors (Lipinski definition) is 4.